The molecule has 5 nitrogen and oxygen atoms in total. The highest BCUT2D eigenvalue weighted by atomic mass is 32.2. The van der Waals surface area contributed by atoms with E-state index in [-0.39, 0.29) is 6.04 Å². The van der Waals surface area contributed by atoms with Crippen LogP contribution < -0.4 is 4.90 Å². The van der Waals surface area contributed by atoms with E-state index in [4.69, 9.17) is 4.98 Å². The van der Waals surface area contributed by atoms with Gasteiger partial charge in [0.25, 0.3) is 0 Å². The van der Waals surface area contributed by atoms with Gasteiger partial charge in [-0.1, -0.05) is 17.7 Å². The van der Waals surface area contributed by atoms with Crippen LogP contribution in [0.5, 0.6) is 0 Å². The maximum atomic E-state index is 13.3. The zero-order chi connectivity index (χ0) is 19.7. The number of pyridine rings is 1. The van der Waals surface area contributed by atoms with Crippen LogP contribution in [0.15, 0.2) is 41.4 Å². The van der Waals surface area contributed by atoms with Gasteiger partial charge in [0.1, 0.15) is 5.82 Å². The summed E-state index contributed by atoms with van der Waals surface area (Å²) in [6, 6.07) is 9.15. The Morgan fingerprint density at radius 1 is 0.964 bits per heavy atom. The molecule has 0 unspecified atom stereocenters. The van der Waals surface area contributed by atoms with Gasteiger partial charge < -0.3 is 4.90 Å². The van der Waals surface area contributed by atoms with E-state index < -0.39 is 10.0 Å². The third-order valence-corrected chi connectivity index (χ3v) is 7.93. The third-order valence-electron chi connectivity index (χ3n) is 6.01. The second kappa shape index (κ2) is 7.84. The molecule has 0 radical (unpaired) electrons. The van der Waals surface area contributed by atoms with Crippen molar-refractivity contribution in [1.29, 1.82) is 0 Å². The summed E-state index contributed by atoms with van der Waals surface area (Å²) in [6.07, 6.45) is 7.36. The number of benzene rings is 1. The average Bonchev–Trinajstić information content (AvgIpc) is 3.19. The fraction of sp³-hybridized carbons (Fsp3) is 0.500. The quantitative estimate of drug-likeness (QED) is 0.773. The number of hydrogen-bond donors (Lipinski definition) is 0. The summed E-state index contributed by atoms with van der Waals surface area (Å²) in [5.74, 6) is 1.02. The van der Waals surface area contributed by atoms with Gasteiger partial charge in [-0.05, 0) is 75.3 Å². The molecule has 0 aliphatic carbocycles. The van der Waals surface area contributed by atoms with Crippen molar-refractivity contribution < 1.29 is 8.42 Å². The first-order valence-corrected chi connectivity index (χ1v) is 11.7. The molecule has 2 aliphatic heterocycles. The van der Waals surface area contributed by atoms with Crippen molar-refractivity contribution in [3.63, 3.8) is 0 Å². The molecule has 1 atom stereocenters. The second-order valence-corrected chi connectivity index (χ2v) is 9.92. The molecule has 150 valence electrons. The molecule has 2 saturated heterocycles. The molecule has 0 spiro atoms. The fourth-order valence-corrected chi connectivity index (χ4v) is 6.06. The Balaban J connectivity index is 1.62. The number of piperidine rings is 1. The molecule has 0 bridgehead atoms. The van der Waals surface area contributed by atoms with E-state index >= 15 is 0 Å². The fourth-order valence-electron chi connectivity index (χ4n) is 4.38. The Hall–Kier alpha value is -1.92. The van der Waals surface area contributed by atoms with Gasteiger partial charge in [0.15, 0.2) is 0 Å². The van der Waals surface area contributed by atoms with Gasteiger partial charge in [0.05, 0.1) is 10.9 Å². The van der Waals surface area contributed by atoms with Gasteiger partial charge >= 0.3 is 0 Å². The van der Waals surface area contributed by atoms with E-state index in [2.05, 4.69) is 17.9 Å². The zero-order valence-corrected chi connectivity index (χ0v) is 17.6. The van der Waals surface area contributed by atoms with Crippen LogP contribution in [0.3, 0.4) is 0 Å². The molecular formula is C22H29N3O2S. The Morgan fingerprint density at radius 3 is 2.36 bits per heavy atom. The molecule has 4 rings (SSSR count). The number of anilines is 1. The van der Waals surface area contributed by atoms with E-state index in [0.717, 1.165) is 48.4 Å². The molecule has 2 aromatic rings. The lowest BCUT2D eigenvalue weighted by Gasteiger charge is -2.29. The van der Waals surface area contributed by atoms with Crippen LogP contribution >= 0.6 is 0 Å². The lowest BCUT2D eigenvalue weighted by Crippen LogP contribution is -2.32. The number of aromatic nitrogens is 1. The van der Waals surface area contributed by atoms with Crippen molar-refractivity contribution in [2.45, 2.75) is 56.9 Å². The molecule has 2 aliphatic rings. The van der Waals surface area contributed by atoms with Crippen LogP contribution in [0.2, 0.25) is 0 Å². The van der Waals surface area contributed by atoms with Crippen LogP contribution in [0.1, 0.15) is 54.8 Å². The SMILES string of the molecule is Cc1ccc(S(=O)(=O)N2CCC[C@H]2c2cnc(N3CCCCC3)cc2C)cc1. The van der Waals surface area contributed by atoms with Crippen molar-refractivity contribution in [2.75, 3.05) is 24.5 Å². The van der Waals surface area contributed by atoms with Crippen LogP contribution in [0.25, 0.3) is 0 Å². The van der Waals surface area contributed by atoms with E-state index in [1.807, 2.05) is 25.3 Å². The summed E-state index contributed by atoms with van der Waals surface area (Å²) >= 11 is 0. The van der Waals surface area contributed by atoms with Crippen molar-refractivity contribution in [3.8, 4) is 0 Å². The Morgan fingerprint density at radius 2 is 1.68 bits per heavy atom. The first kappa shape index (κ1) is 19.4. The molecule has 0 N–H and O–H groups in total. The van der Waals surface area contributed by atoms with Gasteiger partial charge in [0.2, 0.25) is 10.0 Å². The van der Waals surface area contributed by atoms with Crippen LogP contribution in [-0.2, 0) is 10.0 Å². The zero-order valence-electron chi connectivity index (χ0n) is 16.8. The van der Waals surface area contributed by atoms with Crippen LogP contribution in [-0.4, -0.2) is 37.3 Å². The molecule has 0 amide bonds. The highest BCUT2D eigenvalue weighted by Gasteiger charge is 2.37. The average molecular weight is 400 g/mol. The highest BCUT2D eigenvalue weighted by Crippen LogP contribution is 2.38. The van der Waals surface area contributed by atoms with Crippen LogP contribution in [0, 0.1) is 13.8 Å². The highest BCUT2D eigenvalue weighted by molar-refractivity contribution is 7.89. The molecule has 28 heavy (non-hydrogen) atoms. The summed E-state index contributed by atoms with van der Waals surface area (Å²) in [7, 11) is -3.50. The molecular weight excluding hydrogens is 370 g/mol. The summed E-state index contributed by atoms with van der Waals surface area (Å²) < 4.78 is 28.2. The lowest BCUT2D eigenvalue weighted by atomic mass is 10.0. The van der Waals surface area contributed by atoms with E-state index in [0.29, 0.717) is 11.4 Å². The minimum atomic E-state index is -3.50. The summed E-state index contributed by atoms with van der Waals surface area (Å²) in [4.78, 5) is 7.43. The smallest absolute Gasteiger partial charge is 0.243 e. The number of hydrogen-bond acceptors (Lipinski definition) is 4. The predicted molar refractivity (Wildman–Crippen MR) is 112 cm³/mol. The standard InChI is InChI=1S/C22H29N3O2S/c1-17-8-10-19(11-9-17)28(26,27)25-14-6-7-21(25)20-16-23-22(15-18(20)2)24-12-4-3-5-13-24/h8-11,15-16,21H,3-7,12-14H2,1-2H3/t21-/m0/s1. The van der Waals surface area contributed by atoms with Gasteiger partial charge in [0, 0.05) is 25.8 Å². The number of rotatable bonds is 4. The Kier molecular flexibility index (Phi) is 5.43. The van der Waals surface area contributed by atoms with Gasteiger partial charge in [-0.15, -0.1) is 0 Å². The largest absolute Gasteiger partial charge is 0.357 e. The maximum absolute atomic E-state index is 13.3. The molecule has 2 fully saturated rings. The van der Waals surface area contributed by atoms with Crippen molar-refractivity contribution in [1.82, 2.24) is 9.29 Å². The molecule has 3 heterocycles. The van der Waals surface area contributed by atoms with Crippen molar-refractivity contribution in [2.24, 2.45) is 0 Å². The lowest BCUT2D eigenvalue weighted by molar-refractivity contribution is 0.395. The maximum Gasteiger partial charge on any atom is 0.243 e. The van der Waals surface area contributed by atoms with Gasteiger partial charge in [-0.3, -0.25) is 0 Å². The summed E-state index contributed by atoms with van der Waals surface area (Å²) in [5, 5.41) is 0. The molecule has 1 aromatic heterocycles. The second-order valence-electron chi connectivity index (χ2n) is 8.03. The van der Waals surface area contributed by atoms with Crippen molar-refractivity contribution in [3.05, 3.63) is 53.2 Å². The Bertz CT molecular complexity index is 935. The van der Waals surface area contributed by atoms with E-state index in [1.54, 1.807) is 16.4 Å². The minimum Gasteiger partial charge on any atom is -0.357 e. The van der Waals surface area contributed by atoms with Crippen LogP contribution in [0.4, 0.5) is 5.82 Å². The molecule has 1 aromatic carbocycles. The predicted octanol–water partition coefficient (Wildman–Crippen LogP) is 4.21. The molecule has 6 heteroatoms. The third kappa shape index (κ3) is 3.67. The van der Waals surface area contributed by atoms with Crippen molar-refractivity contribution >= 4 is 15.8 Å². The van der Waals surface area contributed by atoms with Gasteiger partial charge in [-0.2, -0.15) is 4.31 Å². The van der Waals surface area contributed by atoms with Gasteiger partial charge in [-0.25, -0.2) is 13.4 Å². The first-order chi connectivity index (χ1) is 13.5. The monoisotopic (exact) mass is 399 g/mol. The normalized spacial score (nSPS) is 21.2. The number of nitrogens with zero attached hydrogens (tertiary/aromatic N) is 3. The Labute approximate surface area is 168 Å². The topological polar surface area (TPSA) is 53.5 Å². The number of aryl methyl sites for hydroxylation is 2. The van der Waals surface area contributed by atoms with E-state index in [1.165, 1.54) is 19.3 Å². The van der Waals surface area contributed by atoms with E-state index in [9.17, 15) is 8.42 Å². The molecule has 0 saturated carbocycles. The first-order valence-electron chi connectivity index (χ1n) is 10.3. The number of sulfonamides is 1. The summed E-state index contributed by atoms with van der Waals surface area (Å²) in [6.45, 7) is 6.73. The summed E-state index contributed by atoms with van der Waals surface area (Å²) in [5.41, 5.74) is 3.23. The minimum absolute atomic E-state index is 0.130.